The first-order valence-corrected chi connectivity index (χ1v) is 9.34. The van der Waals surface area contributed by atoms with Crippen LogP contribution in [0.4, 0.5) is 10.5 Å². The van der Waals surface area contributed by atoms with Crippen molar-refractivity contribution in [1.82, 2.24) is 9.88 Å². The maximum absolute atomic E-state index is 13.1. The molecule has 0 aliphatic carbocycles. The van der Waals surface area contributed by atoms with Gasteiger partial charge in [-0.05, 0) is 42.2 Å². The van der Waals surface area contributed by atoms with E-state index in [2.05, 4.69) is 65.8 Å². The van der Waals surface area contributed by atoms with Crippen molar-refractivity contribution in [3.63, 3.8) is 0 Å². The lowest BCUT2D eigenvalue weighted by molar-refractivity contribution is 0.190. The zero-order chi connectivity index (χ0) is 18.6. The summed E-state index contributed by atoms with van der Waals surface area (Å²) >= 11 is 0. The smallest absolute Gasteiger partial charge is 0.321 e. The average Bonchev–Trinajstić information content (AvgIpc) is 2.85. The van der Waals surface area contributed by atoms with E-state index < -0.39 is 0 Å². The van der Waals surface area contributed by atoms with Crippen molar-refractivity contribution >= 4 is 11.7 Å². The van der Waals surface area contributed by atoms with Crippen LogP contribution in [0.5, 0.6) is 0 Å². The Morgan fingerprint density at radius 3 is 2.48 bits per heavy atom. The van der Waals surface area contributed by atoms with Crippen LogP contribution in [0, 0.1) is 0 Å². The molecular weight excluding hydrogens is 334 g/mol. The summed E-state index contributed by atoms with van der Waals surface area (Å²) in [7, 11) is 0. The van der Waals surface area contributed by atoms with Crippen LogP contribution in [0.25, 0.3) is 0 Å². The number of urea groups is 1. The highest BCUT2D eigenvalue weighted by Gasteiger charge is 2.33. The monoisotopic (exact) mass is 357 g/mol. The molecule has 0 fully saturated rings. The van der Waals surface area contributed by atoms with E-state index in [1.54, 1.807) is 12.4 Å². The molecule has 1 N–H and O–H groups in total. The molecule has 4 heteroatoms. The minimum absolute atomic E-state index is 0.0397. The highest BCUT2D eigenvalue weighted by molar-refractivity contribution is 5.89. The number of anilines is 1. The lowest BCUT2D eigenvalue weighted by Gasteiger charge is -2.33. The highest BCUT2D eigenvalue weighted by Crippen LogP contribution is 2.35. The molecule has 4 nitrogen and oxygen atoms in total. The normalized spacial score (nSPS) is 19.1. The summed E-state index contributed by atoms with van der Waals surface area (Å²) in [6, 6.07) is 22.6. The van der Waals surface area contributed by atoms with Crippen molar-refractivity contribution in [2.75, 3.05) is 11.9 Å². The fourth-order valence-electron chi connectivity index (χ4n) is 3.99. The number of benzene rings is 2. The van der Waals surface area contributed by atoms with Crippen molar-refractivity contribution in [3.05, 3.63) is 95.8 Å². The lowest BCUT2D eigenvalue weighted by Crippen LogP contribution is -2.44. The number of fused-ring (bicyclic) bond motifs is 1. The van der Waals surface area contributed by atoms with Gasteiger partial charge in [0.15, 0.2) is 0 Å². The third-order valence-corrected chi connectivity index (χ3v) is 5.34. The van der Waals surface area contributed by atoms with E-state index >= 15 is 0 Å². The number of carbonyl (C=O) groups excluding carboxylic acids is 1. The molecule has 1 aliphatic rings. The first-order valence-electron chi connectivity index (χ1n) is 9.34. The topological polar surface area (TPSA) is 45.2 Å². The molecular formula is C23H23N3O. The lowest BCUT2D eigenvalue weighted by atomic mass is 9.83. The van der Waals surface area contributed by atoms with Gasteiger partial charge in [0, 0.05) is 36.6 Å². The first kappa shape index (κ1) is 17.3. The van der Waals surface area contributed by atoms with Crippen molar-refractivity contribution in [2.45, 2.75) is 25.3 Å². The second kappa shape index (κ2) is 7.62. The summed E-state index contributed by atoms with van der Waals surface area (Å²) < 4.78 is 0. The van der Waals surface area contributed by atoms with Gasteiger partial charge in [-0.1, -0.05) is 54.6 Å². The van der Waals surface area contributed by atoms with Crippen molar-refractivity contribution in [1.29, 1.82) is 0 Å². The van der Waals surface area contributed by atoms with Crippen LogP contribution in [0.2, 0.25) is 0 Å². The average molecular weight is 357 g/mol. The molecule has 1 aliphatic heterocycles. The van der Waals surface area contributed by atoms with E-state index in [1.807, 2.05) is 23.1 Å². The number of amides is 2. The van der Waals surface area contributed by atoms with Crippen LogP contribution in [0.3, 0.4) is 0 Å². The molecule has 0 radical (unpaired) electrons. The van der Waals surface area contributed by atoms with E-state index in [0.717, 1.165) is 12.1 Å². The third kappa shape index (κ3) is 3.56. The summed E-state index contributed by atoms with van der Waals surface area (Å²) in [4.78, 5) is 19.0. The molecule has 136 valence electrons. The number of carbonyl (C=O) groups is 1. The number of aromatic nitrogens is 1. The highest BCUT2D eigenvalue weighted by atomic mass is 16.2. The van der Waals surface area contributed by atoms with Crippen LogP contribution in [-0.4, -0.2) is 28.5 Å². The van der Waals surface area contributed by atoms with E-state index in [9.17, 15) is 4.79 Å². The summed E-state index contributed by atoms with van der Waals surface area (Å²) in [5, 5.41) is 3.02. The van der Waals surface area contributed by atoms with Crippen LogP contribution < -0.4 is 5.32 Å². The van der Waals surface area contributed by atoms with Gasteiger partial charge in [-0.15, -0.1) is 0 Å². The van der Waals surface area contributed by atoms with Gasteiger partial charge in [-0.2, -0.15) is 0 Å². The zero-order valence-corrected chi connectivity index (χ0v) is 15.4. The number of pyridine rings is 1. The number of hydrogen-bond donors (Lipinski definition) is 1. The van der Waals surface area contributed by atoms with E-state index in [-0.39, 0.29) is 18.0 Å². The SMILES string of the molecule is CC1C(c2ccccc2)c2ccccc2CCN1C(=O)Nc1ccncc1. The Balaban J connectivity index is 1.69. The molecule has 0 saturated heterocycles. The number of rotatable bonds is 2. The van der Waals surface area contributed by atoms with Gasteiger partial charge < -0.3 is 10.2 Å². The van der Waals surface area contributed by atoms with Crippen LogP contribution in [0.15, 0.2) is 79.1 Å². The zero-order valence-electron chi connectivity index (χ0n) is 15.4. The molecule has 2 unspecified atom stereocenters. The van der Waals surface area contributed by atoms with E-state index in [1.165, 1.54) is 16.7 Å². The molecule has 1 aromatic heterocycles. The van der Waals surface area contributed by atoms with Gasteiger partial charge >= 0.3 is 6.03 Å². The molecule has 0 saturated carbocycles. The van der Waals surface area contributed by atoms with Crippen molar-refractivity contribution in [2.24, 2.45) is 0 Å². The maximum atomic E-state index is 13.1. The molecule has 2 aromatic carbocycles. The fraction of sp³-hybridized carbons (Fsp3) is 0.217. The predicted molar refractivity (Wildman–Crippen MR) is 108 cm³/mol. The quantitative estimate of drug-likeness (QED) is 0.723. The van der Waals surface area contributed by atoms with Crippen LogP contribution in [-0.2, 0) is 6.42 Å². The molecule has 2 heterocycles. The van der Waals surface area contributed by atoms with Gasteiger partial charge in [0.2, 0.25) is 0 Å². The molecule has 27 heavy (non-hydrogen) atoms. The second-order valence-electron chi connectivity index (χ2n) is 6.94. The molecule has 2 atom stereocenters. The molecule has 4 rings (SSSR count). The largest absolute Gasteiger partial charge is 0.322 e. The molecule has 2 amide bonds. The number of nitrogens with zero attached hydrogens (tertiary/aromatic N) is 2. The second-order valence-corrected chi connectivity index (χ2v) is 6.94. The Kier molecular flexibility index (Phi) is 4.88. The Hall–Kier alpha value is -3.14. The fourth-order valence-corrected chi connectivity index (χ4v) is 3.99. The first-order chi connectivity index (χ1) is 13.2. The number of nitrogens with one attached hydrogen (secondary N) is 1. The van der Waals surface area contributed by atoms with Gasteiger partial charge in [-0.25, -0.2) is 4.79 Å². The minimum atomic E-state index is -0.0672. The van der Waals surface area contributed by atoms with Crippen LogP contribution in [0.1, 0.15) is 29.5 Å². The van der Waals surface area contributed by atoms with Crippen molar-refractivity contribution < 1.29 is 4.79 Å². The summed E-state index contributed by atoms with van der Waals surface area (Å²) in [6.07, 6.45) is 4.22. The summed E-state index contributed by atoms with van der Waals surface area (Å²) in [6.45, 7) is 2.84. The Morgan fingerprint density at radius 2 is 1.70 bits per heavy atom. The summed E-state index contributed by atoms with van der Waals surface area (Å²) in [5.41, 5.74) is 4.63. The molecule has 0 spiro atoms. The van der Waals surface area contributed by atoms with E-state index in [0.29, 0.717) is 6.54 Å². The van der Waals surface area contributed by atoms with Gasteiger partial charge in [0.05, 0.1) is 0 Å². The Labute approximate surface area is 159 Å². The predicted octanol–water partition coefficient (Wildman–Crippen LogP) is 4.69. The summed E-state index contributed by atoms with van der Waals surface area (Å²) in [5.74, 6) is 0.146. The van der Waals surface area contributed by atoms with Crippen LogP contribution >= 0.6 is 0 Å². The molecule has 3 aromatic rings. The maximum Gasteiger partial charge on any atom is 0.322 e. The Morgan fingerprint density at radius 1 is 1.00 bits per heavy atom. The Bertz CT molecular complexity index is 911. The van der Waals surface area contributed by atoms with Crippen molar-refractivity contribution in [3.8, 4) is 0 Å². The van der Waals surface area contributed by atoms with E-state index in [4.69, 9.17) is 0 Å². The molecule has 0 bridgehead atoms. The van der Waals surface area contributed by atoms with Gasteiger partial charge in [0.1, 0.15) is 0 Å². The van der Waals surface area contributed by atoms with Gasteiger partial charge in [-0.3, -0.25) is 4.98 Å². The number of hydrogen-bond acceptors (Lipinski definition) is 2. The third-order valence-electron chi connectivity index (χ3n) is 5.34. The van der Waals surface area contributed by atoms with Gasteiger partial charge in [0.25, 0.3) is 0 Å². The standard InChI is InChI=1S/C23H23N3O/c1-17-22(19-8-3-2-4-9-19)21-10-6-5-7-18(21)13-16-26(17)23(27)25-20-11-14-24-15-12-20/h2-12,14-15,17,22H,13,16H2,1H3,(H,24,25,27). The minimum Gasteiger partial charge on any atom is -0.321 e.